The van der Waals surface area contributed by atoms with Gasteiger partial charge < -0.3 is 20.6 Å². The first kappa shape index (κ1) is 18.1. The fourth-order valence-corrected chi connectivity index (χ4v) is 2.44. The number of carbonyl (C=O) groups is 2. The number of aromatic hydroxyl groups is 1. The smallest absolute Gasteiger partial charge is 0.343 e. The molecule has 0 aliphatic rings. The number of hydrogen-bond donors (Lipinski definition) is 3. The first-order valence-corrected chi connectivity index (χ1v) is 7.02. The Bertz CT molecular complexity index is 895. The lowest BCUT2D eigenvalue weighted by atomic mass is 9.87. The molecule has 0 aliphatic carbocycles. The zero-order valence-corrected chi connectivity index (χ0v) is 13.0. The van der Waals surface area contributed by atoms with E-state index in [4.69, 9.17) is 5.73 Å². The van der Waals surface area contributed by atoms with Gasteiger partial charge in [0, 0.05) is 18.5 Å². The van der Waals surface area contributed by atoms with Crippen molar-refractivity contribution in [3.05, 3.63) is 63.1 Å². The van der Waals surface area contributed by atoms with E-state index in [0.717, 1.165) is 31.5 Å². The second-order valence-electron chi connectivity index (χ2n) is 5.18. The molecule has 1 aromatic carbocycles. The van der Waals surface area contributed by atoms with Gasteiger partial charge in [-0.25, -0.2) is 13.6 Å². The van der Waals surface area contributed by atoms with Crippen LogP contribution in [0, 0.1) is 11.6 Å². The normalized spacial score (nSPS) is 11.8. The van der Waals surface area contributed by atoms with Crippen LogP contribution in [0.25, 0.3) is 0 Å². The minimum atomic E-state index is -1.20. The van der Waals surface area contributed by atoms with Gasteiger partial charge in [-0.1, -0.05) is 6.07 Å². The molecule has 4 N–H and O–H groups in total. The molecule has 0 radical (unpaired) electrons. The van der Waals surface area contributed by atoms with Crippen molar-refractivity contribution in [2.45, 2.75) is 12.3 Å². The predicted molar refractivity (Wildman–Crippen MR) is 82.1 cm³/mol. The van der Waals surface area contributed by atoms with Gasteiger partial charge in [-0.05, 0) is 17.7 Å². The largest absolute Gasteiger partial charge is 0.506 e. The van der Waals surface area contributed by atoms with Gasteiger partial charge in [-0.15, -0.1) is 0 Å². The van der Waals surface area contributed by atoms with Gasteiger partial charge in [0.25, 0.3) is 5.56 Å². The van der Waals surface area contributed by atoms with E-state index >= 15 is 0 Å². The lowest BCUT2D eigenvalue weighted by Gasteiger charge is -2.18. The van der Waals surface area contributed by atoms with Crippen LogP contribution >= 0.6 is 0 Å². The molecule has 0 spiro atoms. The van der Waals surface area contributed by atoms with Gasteiger partial charge in [-0.3, -0.25) is 9.59 Å². The number of nitrogens with one attached hydrogen (secondary N) is 1. The maximum atomic E-state index is 13.5. The van der Waals surface area contributed by atoms with Gasteiger partial charge in [0.15, 0.2) is 11.6 Å². The number of H-pyrrole nitrogens is 1. The summed E-state index contributed by atoms with van der Waals surface area (Å²) in [6.45, 7) is 0. The van der Waals surface area contributed by atoms with Crippen LogP contribution in [-0.4, -0.2) is 29.1 Å². The number of aromatic nitrogens is 1. The third kappa shape index (κ3) is 3.65. The maximum absolute atomic E-state index is 13.5. The Labute approximate surface area is 140 Å². The number of hydrogen-bond acceptors (Lipinski definition) is 5. The van der Waals surface area contributed by atoms with Crippen LogP contribution in [0.1, 0.15) is 33.8 Å². The molecule has 0 fully saturated rings. The zero-order chi connectivity index (χ0) is 18.7. The summed E-state index contributed by atoms with van der Waals surface area (Å²) < 4.78 is 31.2. The highest BCUT2D eigenvalue weighted by Crippen LogP contribution is 2.33. The molecule has 1 heterocycles. The number of carbonyl (C=O) groups excluding carboxylic acids is 2. The molecule has 132 valence electrons. The summed E-state index contributed by atoms with van der Waals surface area (Å²) in [5, 5.41) is 10.3. The second-order valence-corrected chi connectivity index (χ2v) is 5.18. The summed E-state index contributed by atoms with van der Waals surface area (Å²) in [7, 11) is 1.07. The van der Waals surface area contributed by atoms with E-state index in [1.54, 1.807) is 0 Å². The van der Waals surface area contributed by atoms with Crippen molar-refractivity contribution in [2.75, 3.05) is 7.11 Å². The minimum Gasteiger partial charge on any atom is -0.506 e. The van der Waals surface area contributed by atoms with E-state index in [2.05, 4.69) is 9.72 Å². The van der Waals surface area contributed by atoms with Crippen molar-refractivity contribution < 1.29 is 28.2 Å². The van der Waals surface area contributed by atoms with E-state index in [1.165, 1.54) is 0 Å². The van der Waals surface area contributed by atoms with Crippen LogP contribution in [0.3, 0.4) is 0 Å². The van der Waals surface area contributed by atoms with Gasteiger partial charge in [0.2, 0.25) is 5.91 Å². The SMILES string of the molecule is COC(=O)c1c[nH]c(=O)c(C(CC(N)=O)c2ccc(F)c(F)c2)c1O. The van der Waals surface area contributed by atoms with Crippen molar-refractivity contribution in [1.29, 1.82) is 0 Å². The number of nitrogens with two attached hydrogens (primary N) is 1. The fraction of sp³-hybridized carbons (Fsp3) is 0.188. The van der Waals surface area contributed by atoms with Crippen LogP contribution < -0.4 is 11.3 Å². The highest BCUT2D eigenvalue weighted by atomic mass is 19.2. The van der Waals surface area contributed by atoms with Crippen molar-refractivity contribution in [3.63, 3.8) is 0 Å². The molecule has 2 aromatic rings. The van der Waals surface area contributed by atoms with E-state index in [-0.39, 0.29) is 16.7 Å². The number of aromatic amines is 1. The first-order chi connectivity index (χ1) is 11.8. The van der Waals surface area contributed by atoms with Gasteiger partial charge in [0.05, 0.1) is 12.7 Å². The standard InChI is InChI=1S/C16H14F2N2O5/c1-25-16(24)9-6-20-15(23)13(14(9)22)8(5-12(19)21)7-2-3-10(17)11(18)4-7/h2-4,6,8H,5H2,1H3,(H2,19,21)(H2,20,22,23). The number of methoxy groups -OCH3 is 1. The van der Waals surface area contributed by atoms with Crippen LogP contribution in [0.5, 0.6) is 5.75 Å². The average molecular weight is 352 g/mol. The zero-order valence-electron chi connectivity index (χ0n) is 13.0. The number of pyridine rings is 1. The molecule has 7 nitrogen and oxygen atoms in total. The molecule has 0 saturated heterocycles. The number of amides is 1. The highest BCUT2D eigenvalue weighted by Gasteiger charge is 2.27. The summed E-state index contributed by atoms with van der Waals surface area (Å²) in [5.74, 6) is -6.03. The lowest BCUT2D eigenvalue weighted by Crippen LogP contribution is -2.24. The molecule has 1 unspecified atom stereocenters. The summed E-state index contributed by atoms with van der Waals surface area (Å²) in [5.41, 5.74) is 3.64. The Morgan fingerprint density at radius 2 is 2.00 bits per heavy atom. The van der Waals surface area contributed by atoms with Gasteiger partial charge in [0.1, 0.15) is 11.3 Å². The molecule has 0 aliphatic heterocycles. The Morgan fingerprint density at radius 1 is 1.32 bits per heavy atom. The van der Waals surface area contributed by atoms with Crippen molar-refractivity contribution in [1.82, 2.24) is 4.98 Å². The van der Waals surface area contributed by atoms with Gasteiger partial charge in [-0.2, -0.15) is 0 Å². The average Bonchev–Trinajstić information content (AvgIpc) is 2.55. The topological polar surface area (TPSA) is 122 Å². The van der Waals surface area contributed by atoms with Crippen LogP contribution in [0.4, 0.5) is 8.78 Å². The predicted octanol–water partition coefficient (Wildman–Crippen LogP) is 1.15. The molecule has 2 rings (SSSR count). The van der Waals surface area contributed by atoms with Crippen LogP contribution in [0.15, 0.2) is 29.2 Å². The summed E-state index contributed by atoms with van der Waals surface area (Å²) in [4.78, 5) is 37.4. The number of ether oxygens (including phenoxy) is 1. The fourth-order valence-electron chi connectivity index (χ4n) is 2.44. The minimum absolute atomic E-state index is 0.0283. The molecule has 1 aromatic heterocycles. The monoisotopic (exact) mass is 352 g/mol. The molecule has 25 heavy (non-hydrogen) atoms. The lowest BCUT2D eigenvalue weighted by molar-refractivity contribution is -0.118. The number of primary amides is 1. The number of halogens is 2. The number of rotatable bonds is 5. The third-order valence-corrected chi connectivity index (χ3v) is 3.61. The summed E-state index contributed by atoms with van der Waals surface area (Å²) in [6, 6.07) is 2.75. The Balaban J connectivity index is 2.70. The van der Waals surface area contributed by atoms with Crippen molar-refractivity contribution >= 4 is 11.9 Å². The van der Waals surface area contributed by atoms with E-state index < -0.39 is 47.2 Å². The molecular formula is C16H14F2N2O5. The molecule has 1 atom stereocenters. The van der Waals surface area contributed by atoms with E-state index in [9.17, 15) is 28.3 Å². The maximum Gasteiger partial charge on any atom is 0.343 e. The first-order valence-electron chi connectivity index (χ1n) is 7.02. The third-order valence-electron chi connectivity index (χ3n) is 3.61. The summed E-state index contributed by atoms with van der Waals surface area (Å²) in [6.07, 6.45) is 0.464. The van der Waals surface area contributed by atoms with Crippen LogP contribution in [-0.2, 0) is 9.53 Å². The molecule has 9 heteroatoms. The van der Waals surface area contributed by atoms with E-state index in [1.807, 2.05) is 0 Å². The molecule has 1 amide bonds. The van der Waals surface area contributed by atoms with Crippen molar-refractivity contribution in [3.8, 4) is 5.75 Å². The Morgan fingerprint density at radius 3 is 2.56 bits per heavy atom. The Hall–Kier alpha value is -3.23. The van der Waals surface area contributed by atoms with Crippen LogP contribution in [0.2, 0.25) is 0 Å². The number of benzene rings is 1. The molecular weight excluding hydrogens is 338 g/mol. The van der Waals surface area contributed by atoms with E-state index in [0.29, 0.717) is 0 Å². The molecule has 0 saturated carbocycles. The number of esters is 1. The Kier molecular flexibility index (Phi) is 5.16. The quantitative estimate of drug-likeness (QED) is 0.697. The van der Waals surface area contributed by atoms with Crippen molar-refractivity contribution in [2.24, 2.45) is 5.73 Å². The second kappa shape index (κ2) is 7.12. The molecule has 0 bridgehead atoms. The summed E-state index contributed by atoms with van der Waals surface area (Å²) >= 11 is 0. The highest BCUT2D eigenvalue weighted by molar-refractivity contribution is 5.92. The van der Waals surface area contributed by atoms with Gasteiger partial charge >= 0.3 is 5.97 Å².